The molecule has 9 nitrogen and oxygen atoms in total. The van der Waals surface area contributed by atoms with E-state index in [1.54, 1.807) is 33.5 Å². The number of nitrogen functional groups attached to an aromatic ring is 1. The van der Waals surface area contributed by atoms with Crippen molar-refractivity contribution in [3.8, 4) is 38.4 Å². The van der Waals surface area contributed by atoms with E-state index in [0.29, 0.717) is 51.1 Å². The molecule has 0 saturated carbocycles. The van der Waals surface area contributed by atoms with Gasteiger partial charge in [0.2, 0.25) is 5.75 Å². The average molecular weight is 602 g/mol. The Labute approximate surface area is 252 Å². The third kappa shape index (κ3) is 6.17. The van der Waals surface area contributed by atoms with Gasteiger partial charge in [-0.05, 0) is 35.7 Å². The molecule has 0 radical (unpaired) electrons. The first kappa shape index (κ1) is 28.9. The normalized spacial score (nSPS) is 10.9. The van der Waals surface area contributed by atoms with Crippen molar-refractivity contribution in [3.63, 3.8) is 0 Å². The zero-order valence-corrected chi connectivity index (χ0v) is 25.5. The second-order valence-corrected chi connectivity index (χ2v) is 11.5. The van der Waals surface area contributed by atoms with Gasteiger partial charge in [0.1, 0.15) is 15.7 Å². The quantitative estimate of drug-likeness (QED) is 0.149. The number of carbonyl (C=O) groups excluding carboxylic acids is 1. The van der Waals surface area contributed by atoms with Crippen LogP contribution in [-0.4, -0.2) is 37.2 Å². The van der Waals surface area contributed by atoms with Crippen LogP contribution in [0.25, 0.3) is 21.1 Å². The van der Waals surface area contributed by atoms with Crippen molar-refractivity contribution in [1.29, 1.82) is 0 Å². The molecule has 0 aliphatic rings. The molecule has 0 bridgehead atoms. The van der Waals surface area contributed by atoms with Gasteiger partial charge in [0.05, 0.1) is 27.0 Å². The number of nitrogens with two attached hydrogens (primary N) is 1. The third-order valence-corrected chi connectivity index (χ3v) is 8.48. The Kier molecular flexibility index (Phi) is 8.60. The molecule has 1 amide bonds. The Balaban J connectivity index is 1.34. The minimum absolute atomic E-state index is 0.154. The summed E-state index contributed by atoms with van der Waals surface area (Å²) in [5.41, 5.74) is 11.1. The number of rotatable bonds is 10. The largest absolute Gasteiger partial charge is 0.493 e. The molecule has 11 heteroatoms. The number of carbonyl (C=O) groups is 1. The maximum atomic E-state index is 12.9. The highest BCUT2D eigenvalue weighted by atomic mass is 32.1. The van der Waals surface area contributed by atoms with E-state index in [4.69, 9.17) is 24.9 Å². The van der Waals surface area contributed by atoms with Gasteiger partial charge in [0, 0.05) is 40.0 Å². The van der Waals surface area contributed by atoms with Gasteiger partial charge in [-0.2, -0.15) is 0 Å². The molecule has 0 spiro atoms. The number of ether oxygens (including phenoxy) is 3. The zero-order valence-electron chi connectivity index (χ0n) is 23.8. The van der Waals surface area contributed by atoms with E-state index in [9.17, 15) is 4.79 Å². The van der Waals surface area contributed by atoms with Gasteiger partial charge in [0.15, 0.2) is 16.6 Å². The van der Waals surface area contributed by atoms with Gasteiger partial charge in [-0.3, -0.25) is 4.79 Å². The highest BCUT2D eigenvalue weighted by molar-refractivity contribution is 7.23. The van der Waals surface area contributed by atoms with Crippen molar-refractivity contribution in [3.05, 3.63) is 77.2 Å². The van der Waals surface area contributed by atoms with E-state index in [1.165, 1.54) is 22.7 Å². The lowest BCUT2D eigenvalue weighted by molar-refractivity contribution is 0.102. The fraction of sp³-hybridized carbons (Fsp3) is 0.194. The molecule has 2 aromatic heterocycles. The monoisotopic (exact) mass is 601 g/mol. The summed E-state index contributed by atoms with van der Waals surface area (Å²) < 4.78 is 16.3. The SMILES string of the molecule is COc1cc(Nc2nc(N)c(-c3nc(-c4cccc(NC(=O)c5cccc(C(C)C)c5)c4)cs3)s2)cc(OC)c1OC. The summed E-state index contributed by atoms with van der Waals surface area (Å²) >= 11 is 2.87. The third-order valence-electron chi connectivity index (χ3n) is 6.50. The van der Waals surface area contributed by atoms with Crippen molar-refractivity contribution in [2.45, 2.75) is 19.8 Å². The number of thiazole rings is 2. The van der Waals surface area contributed by atoms with E-state index in [0.717, 1.165) is 26.7 Å². The fourth-order valence-corrected chi connectivity index (χ4v) is 6.16. The Bertz CT molecular complexity index is 1710. The first-order valence-corrected chi connectivity index (χ1v) is 14.8. The molecule has 42 heavy (non-hydrogen) atoms. The number of hydrogen-bond donors (Lipinski definition) is 3. The highest BCUT2D eigenvalue weighted by Gasteiger charge is 2.18. The van der Waals surface area contributed by atoms with Gasteiger partial charge in [-0.1, -0.05) is 49.4 Å². The molecule has 3 aromatic carbocycles. The maximum Gasteiger partial charge on any atom is 0.255 e. The molecule has 0 aliphatic heterocycles. The van der Waals surface area contributed by atoms with E-state index in [2.05, 4.69) is 29.5 Å². The van der Waals surface area contributed by atoms with Crippen LogP contribution in [0, 0.1) is 0 Å². The van der Waals surface area contributed by atoms with Gasteiger partial charge < -0.3 is 30.6 Å². The molecule has 4 N–H and O–H groups in total. The minimum Gasteiger partial charge on any atom is -0.493 e. The number of hydrogen-bond acceptors (Lipinski definition) is 10. The van der Waals surface area contributed by atoms with Gasteiger partial charge in [0.25, 0.3) is 5.91 Å². The van der Waals surface area contributed by atoms with Crippen molar-refractivity contribution >= 4 is 50.9 Å². The lowest BCUT2D eigenvalue weighted by Crippen LogP contribution is -2.12. The summed E-state index contributed by atoms with van der Waals surface area (Å²) in [6.07, 6.45) is 0. The van der Waals surface area contributed by atoms with Gasteiger partial charge in [-0.25, -0.2) is 9.97 Å². The number of anilines is 4. The second-order valence-electron chi connectivity index (χ2n) is 9.63. The van der Waals surface area contributed by atoms with E-state index in [-0.39, 0.29) is 5.91 Å². The maximum absolute atomic E-state index is 12.9. The number of methoxy groups -OCH3 is 3. The molecule has 0 unspecified atom stereocenters. The summed E-state index contributed by atoms with van der Waals surface area (Å²) in [6.45, 7) is 4.21. The number of benzene rings is 3. The smallest absolute Gasteiger partial charge is 0.255 e. The Morgan fingerprint density at radius 2 is 1.64 bits per heavy atom. The number of nitrogens with one attached hydrogen (secondary N) is 2. The van der Waals surface area contributed by atoms with Crippen LogP contribution in [0.15, 0.2) is 66.0 Å². The lowest BCUT2D eigenvalue weighted by atomic mass is 10.0. The molecule has 5 aromatic rings. The van der Waals surface area contributed by atoms with E-state index >= 15 is 0 Å². The Morgan fingerprint density at radius 3 is 2.33 bits per heavy atom. The van der Waals surface area contributed by atoms with E-state index < -0.39 is 0 Å². The summed E-state index contributed by atoms with van der Waals surface area (Å²) in [5.74, 6) is 2.11. The topological polar surface area (TPSA) is 121 Å². The van der Waals surface area contributed by atoms with Crippen LogP contribution in [-0.2, 0) is 0 Å². The minimum atomic E-state index is -0.154. The van der Waals surface area contributed by atoms with E-state index in [1.807, 2.05) is 53.9 Å². The lowest BCUT2D eigenvalue weighted by Gasteiger charge is -2.14. The highest BCUT2D eigenvalue weighted by Crippen LogP contribution is 2.43. The van der Waals surface area contributed by atoms with Crippen LogP contribution in [0.2, 0.25) is 0 Å². The molecule has 2 heterocycles. The molecule has 0 aliphatic carbocycles. The summed E-state index contributed by atoms with van der Waals surface area (Å²) in [6, 6.07) is 18.9. The number of amides is 1. The fourth-order valence-electron chi connectivity index (χ4n) is 4.32. The molecule has 0 atom stereocenters. The molecule has 5 rings (SSSR count). The van der Waals surface area contributed by atoms with Gasteiger partial charge in [-0.15, -0.1) is 11.3 Å². The Hall–Kier alpha value is -4.61. The van der Waals surface area contributed by atoms with Crippen molar-refractivity contribution < 1.29 is 19.0 Å². The average Bonchev–Trinajstić information content (AvgIpc) is 3.63. The second kappa shape index (κ2) is 12.5. The molecule has 216 valence electrons. The van der Waals surface area contributed by atoms with Gasteiger partial charge >= 0.3 is 0 Å². The first-order valence-electron chi connectivity index (χ1n) is 13.1. The van der Waals surface area contributed by atoms with Crippen LogP contribution in [0.5, 0.6) is 17.2 Å². The number of nitrogens with zero attached hydrogens (tertiary/aromatic N) is 2. The molecular weight excluding hydrogens is 571 g/mol. The molecule has 0 fully saturated rings. The first-order chi connectivity index (χ1) is 20.3. The predicted molar refractivity (Wildman–Crippen MR) is 171 cm³/mol. The predicted octanol–water partition coefficient (Wildman–Crippen LogP) is 7.66. The van der Waals surface area contributed by atoms with Crippen LogP contribution < -0.4 is 30.6 Å². The molecular formula is C31H31N5O4S2. The summed E-state index contributed by atoms with van der Waals surface area (Å²) in [5, 5.41) is 9.59. The Morgan fingerprint density at radius 1 is 0.905 bits per heavy atom. The standard InChI is InChI=1S/C31H31N5O4S2/c1-17(2)18-8-6-10-20(12-18)29(37)33-21-11-7-9-19(13-21)23-16-41-30(35-23)27-28(32)36-31(42-27)34-22-14-24(38-3)26(40-5)25(15-22)39-4/h6-17H,32H2,1-5H3,(H,33,37)(H,34,36). The van der Waals surface area contributed by atoms with Crippen LogP contribution >= 0.6 is 22.7 Å². The number of aromatic nitrogens is 2. The van der Waals surface area contributed by atoms with Crippen LogP contribution in [0.3, 0.4) is 0 Å². The molecule has 0 saturated heterocycles. The van der Waals surface area contributed by atoms with Crippen LogP contribution in [0.4, 0.5) is 22.3 Å². The summed E-state index contributed by atoms with van der Waals surface area (Å²) in [4.78, 5) is 23.0. The van der Waals surface area contributed by atoms with Crippen molar-refractivity contribution in [2.24, 2.45) is 0 Å². The van der Waals surface area contributed by atoms with Crippen molar-refractivity contribution in [2.75, 3.05) is 37.7 Å². The zero-order chi connectivity index (χ0) is 29.8. The van der Waals surface area contributed by atoms with Crippen molar-refractivity contribution in [1.82, 2.24) is 9.97 Å². The van der Waals surface area contributed by atoms with Crippen LogP contribution in [0.1, 0.15) is 35.7 Å². The summed E-state index contributed by atoms with van der Waals surface area (Å²) in [7, 11) is 4.69.